The highest BCUT2D eigenvalue weighted by molar-refractivity contribution is 4.98. The Morgan fingerprint density at radius 3 is 2.86 bits per heavy atom. The van der Waals surface area contributed by atoms with Crippen molar-refractivity contribution in [2.75, 3.05) is 0 Å². The van der Waals surface area contributed by atoms with Crippen LogP contribution in [-0.4, -0.2) is 19.6 Å². The molecule has 0 aromatic carbocycles. The van der Waals surface area contributed by atoms with Gasteiger partial charge in [0.15, 0.2) is 0 Å². The van der Waals surface area contributed by atoms with E-state index < -0.39 is 0 Å². The van der Waals surface area contributed by atoms with E-state index in [0.29, 0.717) is 0 Å². The minimum Gasteiger partial charge on any atom is -0.273 e. The van der Waals surface area contributed by atoms with Crippen molar-refractivity contribution in [3.63, 3.8) is 0 Å². The molecule has 0 aliphatic heterocycles. The molecule has 0 N–H and O–H groups in total. The van der Waals surface area contributed by atoms with Gasteiger partial charge >= 0.3 is 0 Å². The molecule has 74 valence electrons. The van der Waals surface area contributed by atoms with Crippen molar-refractivity contribution in [3.05, 3.63) is 36.4 Å². The van der Waals surface area contributed by atoms with Crippen molar-refractivity contribution in [2.45, 2.75) is 26.4 Å². The van der Waals surface area contributed by atoms with E-state index in [0.717, 1.165) is 25.2 Å². The lowest BCUT2D eigenvalue weighted by atomic mass is 10.3. The Morgan fingerprint density at radius 2 is 2.21 bits per heavy atom. The summed E-state index contributed by atoms with van der Waals surface area (Å²) in [6.45, 7) is 3.92. The second-order valence-corrected chi connectivity index (χ2v) is 3.18. The summed E-state index contributed by atoms with van der Waals surface area (Å²) in [5, 5.41) is 8.54. The van der Waals surface area contributed by atoms with E-state index in [2.05, 4.69) is 23.2 Å². The molecule has 14 heavy (non-hydrogen) atoms. The number of aromatic nitrogens is 4. The van der Waals surface area contributed by atoms with E-state index in [1.54, 1.807) is 6.20 Å². The van der Waals surface area contributed by atoms with Gasteiger partial charge < -0.3 is 0 Å². The molecular formula is C10H14N4. The van der Waals surface area contributed by atoms with E-state index in [9.17, 15) is 0 Å². The zero-order valence-corrected chi connectivity index (χ0v) is 8.30. The molecular weight excluding hydrogens is 176 g/mol. The van der Waals surface area contributed by atoms with E-state index in [-0.39, 0.29) is 0 Å². The van der Waals surface area contributed by atoms with Gasteiger partial charge in [0.2, 0.25) is 0 Å². The summed E-state index contributed by atoms with van der Waals surface area (Å²) in [7, 11) is 0. The lowest BCUT2D eigenvalue weighted by Gasteiger charge is -1.98. The molecule has 0 spiro atoms. The van der Waals surface area contributed by atoms with Crippen molar-refractivity contribution in [3.8, 4) is 0 Å². The number of hydrogen-bond acceptors (Lipinski definition) is 2. The number of nitrogens with zero attached hydrogens (tertiary/aromatic N) is 4. The van der Waals surface area contributed by atoms with Gasteiger partial charge in [-0.15, -0.1) is 0 Å². The molecule has 0 bridgehead atoms. The van der Waals surface area contributed by atoms with Crippen LogP contribution in [0.25, 0.3) is 0 Å². The van der Waals surface area contributed by atoms with Crippen molar-refractivity contribution in [2.24, 2.45) is 0 Å². The summed E-state index contributed by atoms with van der Waals surface area (Å²) in [5.41, 5.74) is 1.13. The Labute approximate surface area is 83.2 Å². The Balaban J connectivity index is 1.92. The lowest BCUT2D eigenvalue weighted by Crippen LogP contribution is -2.03. The molecule has 0 radical (unpaired) electrons. The molecule has 0 atom stereocenters. The standard InChI is InChI=1S/C10H14N4/c1-2-13-8-4-10(12-13)5-9-14-7-3-6-11-14/h3-4,6-8H,2,5,9H2,1H3. The van der Waals surface area contributed by atoms with Gasteiger partial charge in [0.1, 0.15) is 0 Å². The molecule has 0 amide bonds. The van der Waals surface area contributed by atoms with Crippen LogP contribution in [0.3, 0.4) is 0 Å². The molecule has 0 unspecified atom stereocenters. The summed E-state index contributed by atoms with van der Waals surface area (Å²) in [6, 6.07) is 4.00. The third-order valence-corrected chi connectivity index (χ3v) is 2.18. The molecule has 0 saturated heterocycles. The first-order valence-corrected chi connectivity index (χ1v) is 4.88. The average molecular weight is 190 g/mol. The van der Waals surface area contributed by atoms with Gasteiger partial charge in [-0.1, -0.05) is 0 Å². The molecule has 2 aromatic heterocycles. The molecule has 2 rings (SSSR count). The Kier molecular flexibility index (Phi) is 2.62. The fraction of sp³-hybridized carbons (Fsp3) is 0.400. The van der Waals surface area contributed by atoms with Gasteiger partial charge in [0, 0.05) is 38.1 Å². The minimum atomic E-state index is 0.897. The van der Waals surface area contributed by atoms with Crippen molar-refractivity contribution in [1.82, 2.24) is 19.6 Å². The Bertz CT molecular complexity index is 374. The predicted octanol–water partition coefficient (Wildman–Crippen LogP) is 1.34. The van der Waals surface area contributed by atoms with Crippen LogP contribution >= 0.6 is 0 Å². The molecule has 4 heteroatoms. The quantitative estimate of drug-likeness (QED) is 0.729. The molecule has 0 fully saturated rings. The third kappa shape index (κ3) is 2.02. The predicted molar refractivity (Wildman–Crippen MR) is 53.8 cm³/mol. The van der Waals surface area contributed by atoms with Crippen LogP contribution < -0.4 is 0 Å². The molecule has 2 aromatic rings. The van der Waals surface area contributed by atoms with Crippen LogP contribution in [0.1, 0.15) is 12.6 Å². The Morgan fingerprint density at radius 1 is 1.29 bits per heavy atom. The Hall–Kier alpha value is -1.58. The van der Waals surface area contributed by atoms with E-state index >= 15 is 0 Å². The molecule has 0 aliphatic rings. The largest absolute Gasteiger partial charge is 0.273 e. The van der Waals surface area contributed by atoms with E-state index in [1.165, 1.54) is 0 Å². The number of aryl methyl sites for hydroxylation is 3. The minimum absolute atomic E-state index is 0.897. The summed E-state index contributed by atoms with van der Waals surface area (Å²) in [5.74, 6) is 0. The maximum Gasteiger partial charge on any atom is 0.0643 e. The van der Waals surface area contributed by atoms with Crippen molar-refractivity contribution in [1.29, 1.82) is 0 Å². The lowest BCUT2D eigenvalue weighted by molar-refractivity contribution is 0.590. The summed E-state index contributed by atoms with van der Waals surface area (Å²) < 4.78 is 3.86. The van der Waals surface area contributed by atoms with Crippen LogP contribution in [0, 0.1) is 0 Å². The monoisotopic (exact) mass is 190 g/mol. The fourth-order valence-corrected chi connectivity index (χ4v) is 1.37. The summed E-state index contributed by atoms with van der Waals surface area (Å²) in [4.78, 5) is 0. The second kappa shape index (κ2) is 4.09. The zero-order valence-electron chi connectivity index (χ0n) is 8.30. The van der Waals surface area contributed by atoms with Gasteiger partial charge in [-0.05, 0) is 19.1 Å². The van der Waals surface area contributed by atoms with Gasteiger partial charge in [-0.25, -0.2) is 0 Å². The van der Waals surface area contributed by atoms with Crippen LogP contribution in [0.2, 0.25) is 0 Å². The van der Waals surface area contributed by atoms with Gasteiger partial charge in [0.05, 0.1) is 5.69 Å². The number of rotatable bonds is 4. The van der Waals surface area contributed by atoms with Gasteiger partial charge in [-0.3, -0.25) is 9.36 Å². The molecule has 0 saturated carbocycles. The van der Waals surface area contributed by atoms with Crippen LogP contribution in [0.5, 0.6) is 0 Å². The van der Waals surface area contributed by atoms with Gasteiger partial charge in [0.25, 0.3) is 0 Å². The molecule has 0 aliphatic carbocycles. The first kappa shape index (κ1) is 8.99. The highest BCUT2D eigenvalue weighted by Gasteiger charge is 1.98. The summed E-state index contributed by atoms with van der Waals surface area (Å²) in [6.07, 6.45) is 6.72. The maximum atomic E-state index is 4.40. The number of hydrogen-bond donors (Lipinski definition) is 0. The highest BCUT2D eigenvalue weighted by Crippen LogP contribution is 1.98. The third-order valence-electron chi connectivity index (χ3n) is 2.18. The van der Waals surface area contributed by atoms with Crippen LogP contribution in [0.15, 0.2) is 30.7 Å². The van der Waals surface area contributed by atoms with E-state index in [4.69, 9.17) is 0 Å². The molecule has 4 nitrogen and oxygen atoms in total. The first-order chi connectivity index (χ1) is 6.88. The van der Waals surface area contributed by atoms with Gasteiger partial charge in [-0.2, -0.15) is 10.2 Å². The zero-order chi connectivity index (χ0) is 9.80. The van der Waals surface area contributed by atoms with Crippen LogP contribution in [0.4, 0.5) is 0 Å². The topological polar surface area (TPSA) is 35.6 Å². The summed E-state index contributed by atoms with van der Waals surface area (Å²) >= 11 is 0. The van der Waals surface area contributed by atoms with E-state index in [1.807, 2.05) is 27.8 Å². The second-order valence-electron chi connectivity index (χ2n) is 3.18. The van der Waals surface area contributed by atoms with Crippen molar-refractivity contribution >= 4 is 0 Å². The highest BCUT2D eigenvalue weighted by atomic mass is 15.3. The smallest absolute Gasteiger partial charge is 0.0643 e. The van der Waals surface area contributed by atoms with Crippen molar-refractivity contribution < 1.29 is 0 Å². The SMILES string of the molecule is CCn1ccc(CCn2cccn2)n1. The first-order valence-electron chi connectivity index (χ1n) is 4.88. The fourth-order valence-electron chi connectivity index (χ4n) is 1.37. The normalized spacial score (nSPS) is 10.6. The maximum absolute atomic E-state index is 4.40. The van der Waals surface area contributed by atoms with Crippen LogP contribution in [-0.2, 0) is 19.5 Å². The average Bonchev–Trinajstić information content (AvgIpc) is 2.86. The molecule has 2 heterocycles.